The van der Waals surface area contributed by atoms with Crippen LogP contribution in [0.1, 0.15) is 18.1 Å². The van der Waals surface area contributed by atoms with Crippen LogP contribution in [-0.4, -0.2) is 20.9 Å². The monoisotopic (exact) mass is 530 g/mol. The lowest BCUT2D eigenvalue weighted by Gasteiger charge is -2.14. The normalized spacial score (nSPS) is 11.5. The predicted octanol–water partition coefficient (Wildman–Crippen LogP) is 6.01. The smallest absolute Gasteiger partial charge is 0.339 e. The maximum atomic E-state index is 12.8. The van der Waals surface area contributed by atoms with Crippen LogP contribution in [0.25, 0.3) is 6.08 Å². The number of aryl methyl sites for hydroxylation is 1. The number of anilines is 1. The molecule has 3 aromatic rings. The van der Waals surface area contributed by atoms with Gasteiger partial charge in [0.1, 0.15) is 16.5 Å². The Bertz CT molecular complexity index is 1410. The summed E-state index contributed by atoms with van der Waals surface area (Å²) in [6, 6.07) is 17.2. The van der Waals surface area contributed by atoms with Gasteiger partial charge in [-0.25, -0.2) is 0 Å². The molecule has 3 aromatic carbocycles. The highest BCUT2D eigenvalue weighted by molar-refractivity contribution is 7.87. The standard InChI is InChI=1S/C25H20Cl2N2O5S/c1-3-33-23-14-17(12-18(15-28)25(30)29-20-8-6-19(26)7-9-20)13-22(27)24(23)34-35(31,32)21-10-4-16(2)5-11-21/h4-14H,3H2,1-2H3,(H,29,30)/b18-12+. The average molecular weight is 531 g/mol. The number of amides is 1. The molecule has 0 aliphatic heterocycles. The van der Waals surface area contributed by atoms with Crippen LogP contribution in [0.3, 0.4) is 0 Å². The van der Waals surface area contributed by atoms with E-state index in [1.54, 1.807) is 43.3 Å². The average Bonchev–Trinajstić information content (AvgIpc) is 2.81. The van der Waals surface area contributed by atoms with Gasteiger partial charge in [-0.15, -0.1) is 0 Å². The first-order valence-electron chi connectivity index (χ1n) is 10.3. The van der Waals surface area contributed by atoms with E-state index in [1.807, 2.05) is 13.0 Å². The zero-order chi connectivity index (χ0) is 25.6. The Morgan fingerprint density at radius 2 is 1.74 bits per heavy atom. The second-order valence-corrected chi connectivity index (χ2v) is 9.63. The molecule has 0 saturated carbocycles. The number of carbonyl (C=O) groups is 1. The molecule has 0 aliphatic rings. The molecule has 35 heavy (non-hydrogen) atoms. The van der Waals surface area contributed by atoms with Crippen LogP contribution in [0.5, 0.6) is 11.5 Å². The second kappa shape index (κ2) is 11.3. The van der Waals surface area contributed by atoms with Crippen molar-refractivity contribution in [2.75, 3.05) is 11.9 Å². The van der Waals surface area contributed by atoms with Crippen LogP contribution in [0.15, 0.2) is 71.1 Å². The Labute approximate surface area is 213 Å². The summed E-state index contributed by atoms with van der Waals surface area (Å²) in [6.07, 6.45) is 1.30. The molecule has 0 heterocycles. The van der Waals surface area contributed by atoms with Crippen molar-refractivity contribution in [1.82, 2.24) is 0 Å². The summed E-state index contributed by atoms with van der Waals surface area (Å²) in [6.45, 7) is 3.72. The van der Waals surface area contributed by atoms with Crippen LogP contribution in [0, 0.1) is 18.3 Å². The number of nitriles is 1. The number of rotatable bonds is 8. The van der Waals surface area contributed by atoms with Crippen molar-refractivity contribution >= 4 is 51.0 Å². The summed E-state index contributed by atoms with van der Waals surface area (Å²) >= 11 is 12.2. The summed E-state index contributed by atoms with van der Waals surface area (Å²) in [5, 5.41) is 12.5. The molecule has 1 amide bonds. The maximum Gasteiger partial charge on any atom is 0.339 e. The van der Waals surface area contributed by atoms with Gasteiger partial charge in [0, 0.05) is 10.7 Å². The zero-order valence-electron chi connectivity index (χ0n) is 18.7. The first-order chi connectivity index (χ1) is 16.6. The van der Waals surface area contributed by atoms with Crippen molar-refractivity contribution in [3.05, 3.63) is 87.4 Å². The molecule has 0 atom stereocenters. The third-order valence-electron chi connectivity index (χ3n) is 4.61. The van der Waals surface area contributed by atoms with Gasteiger partial charge in [-0.2, -0.15) is 13.7 Å². The van der Waals surface area contributed by atoms with Gasteiger partial charge < -0.3 is 14.2 Å². The minimum atomic E-state index is -4.19. The Balaban J connectivity index is 1.93. The van der Waals surface area contributed by atoms with E-state index in [2.05, 4.69) is 5.32 Å². The van der Waals surface area contributed by atoms with Crippen LogP contribution < -0.4 is 14.2 Å². The van der Waals surface area contributed by atoms with Crippen molar-refractivity contribution in [3.8, 4) is 17.6 Å². The van der Waals surface area contributed by atoms with Crippen molar-refractivity contribution in [1.29, 1.82) is 5.26 Å². The van der Waals surface area contributed by atoms with Crippen LogP contribution in [0.2, 0.25) is 10.0 Å². The molecule has 0 saturated heterocycles. The summed E-state index contributed by atoms with van der Waals surface area (Å²) in [5.41, 5.74) is 1.47. The Hall–Kier alpha value is -3.51. The number of benzene rings is 3. The topological polar surface area (TPSA) is 105 Å². The van der Waals surface area contributed by atoms with Crippen molar-refractivity contribution in [2.24, 2.45) is 0 Å². The molecule has 1 N–H and O–H groups in total. The number of nitrogens with one attached hydrogen (secondary N) is 1. The third kappa shape index (κ3) is 6.76. The number of ether oxygens (including phenoxy) is 1. The van der Waals surface area contributed by atoms with E-state index in [-0.39, 0.29) is 33.6 Å². The molecule has 0 aromatic heterocycles. The van der Waals surface area contributed by atoms with Gasteiger partial charge in [-0.1, -0.05) is 40.9 Å². The predicted molar refractivity (Wildman–Crippen MR) is 135 cm³/mol. The Morgan fingerprint density at radius 3 is 2.34 bits per heavy atom. The third-order valence-corrected chi connectivity index (χ3v) is 6.38. The molecular weight excluding hydrogens is 511 g/mol. The molecule has 0 unspecified atom stereocenters. The number of carbonyl (C=O) groups excluding carboxylic acids is 1. The fourth-order valence-electron chi connectivity index (χ4n) is 2.92. The van der Waals surface area contributed by atoms with Crippen LogP contribution >= 0.6 is 23.2 Å². The summed E-state index contributed by atoms with van der Waals surface area (Å²) in [4.78, 5) is 12.5. The molecule has 0 fully saturated rings. The van der Waals surface area contributed by atoms with Gasteiger partial charge in [0.05, 0.1) is 11.6 Å². The minimum Gasteiger partial charge on any atom is -0.490 e. The number of hydrogen-bond acceptors (Lipinski definition) is 6. The molecule has 3 rings (SSSR count). The fourth-order valence-corrected chi connectivity index (χ4v) is 4.31. The van der Waals surface area contributed by atoms with Crippen LogP contribution in [-0.2, 0) is 14.9 Å². The maximum absolute atomic E-state index is 12.8. The molecule has 0 aliphatic carbocycles. The number of halogens is 2. The zero-order valence-corrected chi connectivity index (χ0v) is 21.0. The molecule has 180 valence electrons. The van der Waals surface area contributed by atoms with Gasteiger partial charge in [-0.05, 0) is 74.0 Å². The van der Waals surface area contributed by atoms with Crippen molar-refractivity contribution < 1.29 is 22.1 Å². The lowest BCUT2D eigenvalue weighted by Crippen LogP contribution is -2.13. The Kier molecular flexibility index (Phi) is 8.41. The van der Waals surface area contributed by atoms with E-state index in [0.29, 0.717) is 16.3 Å². The van der Waals surface area contributed by atoms with Crippen molar-refractivity contribution in [3.63, 3.8) is 0 Å². The molecule has 0 spiro atoms. The largest absolute Gasteiger partial charge is 0.490 e. The van der Waals surface area contributed by atoms with Gasteiger partial charge in [0.2, 0.25) is 5.75 Å². The summed E-state index contributed by atoms with van der Waals surface area (Å²) in [7, 11) is -4.19. The minimum absolute atomic E-state index is 0.0392. The summed E-state index contributed by atoms with van der Waals surface area (Å²) < 4.78 is 36.4. The van der Waals surface area contributed by atoms with Gasteiger partial charge in [0.25, 0.3) is 5.91 Å². The van der Waals surface area contributed by atoms with E-state index >= 15 is 0 Å². The highest BCUT2D eigenvalue weighted by Crippen LogP contribution is 2.39. The second-order valence-electron chi connectivity index (χ2n) is 7.24. The molecule has 0 bridgehead atoms. The number of hydrogen-bond donors (Lipinski definition) is 1. The Morgan fingerprint density at radius 1 is 1.09 bits per heavy atom. The van der Waals surface area contributed by atoms with Crippen molar-refractivity contribution in [2.45, 2.75) is 18.7 Å². The first kappa shape index (κ1) is 26.1. The number of nitrogens with zero attached hydrogens (tertiary/aromatic N) is 1. The van der Waals surface area contributed by atoms with E-state index in [0.717, 1.165) is 5.56 Å². The van der Waals surface area contributed by atoms with E-state index in [1.165, 1.54) is 30.3 Å². The highest BCUT2D eigenvalue weighted by Gasteiger charge is 2.22. The highest BCUT2D eigenvalue weighted by atomic mass is 35.5. The van der Waals surface area contributed by atoms with Gasteiger partial charge >= 0.3 is 10.1 Å². The molecule has 10 heteroatoms. The van der Waals surface area contributed by atoms with Crippen LogP contribution in [0.4, 0.5) is 5.69 Å². The molecular formula is C25H20Cl2N2O5S. The summed E-state index contributed by atoms with van der Waals surface area (Å²) in [5.74, 6) is -0.807. The lowest BCUT2D eigenvalue weighted by atomic mass is 10.1. The lowest BCUT2D eigenvalue weighted by molar-refractivity contribution is -0.112. The van der Waals surface area contributed by atoms with Gasteiger partial charge in [0.15, 0.2) is 5.75 Å². The van der Waals surface area contributed by atoms with E-state index < -0.39 is 16.0 Å². The van der Waals surface area contributed by atoms with E-state index in [9.17, 15) is 18.5 Å². The van der Waals surface area contributed by atoms with E-state index in [4.69, 9.17) is 32.1 Å². The SMILES string of the molecule is CCOc1cc(/C=C(\C#N)C(=O)Nc2ccc(Cl)cc2)cc(Cl)c1OS(=O)(=O)c1ccc(C)cc1. The van der Waals surface area contributed by atoms with Gasteiger partial charge in [-0.3, -0.25) is 4.79 Å². The molecule has 7 nitrogen and oxygen atoms in total. The molecule has 0 radical (unpaired) electrons. The first-order valence-corrected chi connectivity index (χ1v) is 12.5. The fraction of sp³-hybridized carbons (Fsp3) is 0.120. The quantitative estimate of drug-likeness (QED) is 0.217.